The molecule has 17 heteroatoms. The normalized spacial score (nSPS) is 6.24. The van der Waals surface area contributed by atoms with Crippen molar-refractivity contribution in [1.29, 1.82) is 21.0 Å². The van der Waals surface area contributed by atoms with Gasteiger partial charge < -0.3 is 45.0 Å². The molecule has 0 atom stereocenters. The maximum Gasteiger partial charge on any atom is 0.673 e. The zero-order valence-corrected chi connectivity index (χ0v) is 14.8. The van der Waals surface area contributed by atoms with Crippen LogP contribution in [0.1, 0.15) is 27.7 Å². The number of halogens is 8. The Morgan fingerprint density at radius 3 is 0.560 bits per heavy atom. The molecule has 0 aliphatic heterocycles. The van der Waals surface area contributed by atoms with Gasteiger partial charge in [-0.3, -0.25) is 0 Å². The van der Waals surface area contributed by atoms with Crippen LogP contribution in [0.3, 0.4) is 0 Å². The molecule has 0 unspecified atom stereocenters. The first-order valence-electron chi connectivity index (χ1n) is 4.82. The van der Waals surface area contributed by atoms with Crippen LogP contribution < -0.4 is 0 Å². The first kappa shape index (κ1) is 49.5. The van der Waals surface area contributed by atoms with Crippen molar-refractivity contribution >= 4 is 14.5 Å². The van der Waals surface area contributed by atoms with Gasteiger partial charge in [-0.05, 0) is 0 Å². The minimum absolute atomic E-state index is 0. The maximum absolute atomic E-state index is 9.75. The SMILES string of the molecule is CC#N.CC#N.CC#N.CC#N.F[B-](F)(F)F.F[B-](F)(F)F.[N-]=O.[Rh]. The minimum atomic E-state index is -6.00. The van der Waals surface area contributed by atoms with Gasteiger partial charge in [-0.25, -0.2) is 0 Å². The molecule has 6 nitrogen and oxygen atoms in total. The Hall–Kier alpha value is -2.25. The minimum Gasteiger partial charge on any atom is -0.577 e. The fraction of sp³-hybridized carbons (Fsp3) is 0.500. The van der Waals surface area contributed by atoms with E-state index < -0.39 is 14.5 Å². The van der Waals surface area contributed by atoms with E-state index in [1.54, 1.807) is 24.3 Å². The van der Waals surface area contributed by atoms with Gasteiger partial charge in [0.1, 0.15) is 0 Å². The molecule has 0 aliphatic carbocycles. The van der Waals surface area contributed by atoms with Gasteiger partial charge in [-0.1, -0.05) is 0 Å². The number of nitriles is 4. The van der Waals surface area contributed by atoms with Crippen molar-refractivity contribution in [1.82, 2.24) is 0 Å². The molecule has 0 aromatic carbocycles. The summed E-state index contributed by atoms with van der Waals surface area (Å²) in [4.78, 5) is 7.25. The Labute approximate surface area is 152 Å². The van der Waals surface area contributed by atoms with E-state index >= 15 is 0 Å². The second-order valence-corrected chi connectivity index (χ2v) is 1.88. The van der Waals surface area contributed by atoms with Crippen LogP contribution in [0.2, 0.25) is 0 Å². The topological polar surface area (TPSA) is 135 Å². The van der Waals surface area contributed by atoms with Gasteiger partial charge in [0.15, 0.2) is 0 Å². The van der Waals surface area contributed by atoms with Crippen molar-refractivity contribution in [2.75, 3.05) is 0 Å². The Bertz CT molecular complexity index is 311. The molecule has 0 fully saturated rings. The van der Waals surface area contributed by atoms with Crippen molar-refractivity contribution in [3.63, 3.8) is 0 Å². The predicted octanol–water partition coefficient (Wildman–Crippen LogP) is 5.04. The molecule has 0 rings (SSSR count). The first-order chi connectivity index (χ1) is 10.7. The van der Waals surface area contributed by atoms with E-state index in [0.29, 0.717) is 0 Å². The van der Waals surface area contributed by atoms with Crippen LogP contribution >= 0.6 is 0 Å². The van der Waals surface area contributed by atoms with E-state index in [0.717, 1.165) is 0 Å². The number of hydrogen-bond acceptors (Lipinski definition) is 5. The monoisotopic (exact) mass is 471 g/mol. The molecule has 0 spiro atoms. The van der Waals surface area contributed by atoms with Crippen LogP contribution in [0.5, 0.6) is 0 Å². The summed E-state index contributed by atoms with van der Waals surface area (Å²) in [6.07, 6.45) is 0. The molecule has 0 bridgehead atoms. The summed E-state index contributed by atoms with van der Waals surface area (Å²) in [6.45, 7) is 5.72. The molecule has 0 aliphatic rings. The summed E-state index contributed by atoms with van der Waals surface area (Å²) in [7, 11) is -12.0. The molecule has 0 aromatic rings. The van der Waals surface area contributed by atoms with E-state index in [1.165, 1.54) is 27.7 Å². The standard InChI is InChI=1S/4C2H3N.2BF4.NO.Rh/c4*1-2-3;2*2-1(3,4)5;1-2;/h4*1H3;;;;/q;;;;3*-1;. The molecular formula is C8H12B2F8N5ORh-3. The van der Waals surface area contributed by atoms with Gasteiger partial charge in [-0.15, -0.1) is 0 Å². The molecule has 1 radical (unpaired) electrons. The number of nitrogens with zero attached hydrogens (tertiary/aromatic N) is 5. The smallest absolute Gasteiger partial charge is 0.577 e. The van der Waals surface area contributed by atoms with Gasteiger partial charge in [0, 0.05) is 47.2 Å². The Morgan fingerprint density at radius 2 is 0.560 bits per heavy atom. The molecule has 0 amide bonds. The summed E-state index contributed by atoms with van der Waals surface area (Å²) in [5, 5.41) is 29.3. The maximum atomic E-state index is 9.75. The second kappa shape index (κ2) is 49.5. The van der Waals surface area contributed by atoms with Crippen molar-refractivity contribution in [2.45, 2.75) is 27.7 Å². The van der Waals surface area contributed by atoms with Crippen molar-refractivity contribution in [3.05, 3.63) is 10.5 Å². The third-order valence-electron chi connectivity index (χ3n) is 0. The molecular weight excluding hydrogens is 459 g/mol. The summed E-state index contributed by atoms with van der Waals surface area (Å²) >= 11 is 0. The van der Waals surface area contributed by atoms with Gasteiger partial charge in [0.05, 0.1) is 24.3 Å². The van der Waals surface area contributed by atoms with Crippen LogP contribution in [0.25, 0.3) is 5.59 Å². The summed E-state index contributed by atoms with van der Waals surface area (Å²) in [6, 6.07) is 7.00. The Kier molecular flexibility index (Phi) is 98.0. The molecule has 0 N–H and O–H groups in total. The summed E-state index contributed by atoms with van der Waals surface area (Å²) in [5.74, 6) is 0. The zero-order chi connectivity index (χ0) is 21.8. The van der Waals surface area contributed by atoms with E-state index in [-0.39, 0.29) is 19.5 Å². The first-order valence-corrected chi connectivity index (χ1v) is 4.82. The van der Waals surface area contributed by atoms with Crippen molar-refractivity contribution < 1.29 is 54.0 Å². The fourth-order valence-corrected chi connectivity index (χ4v) is 0. The van der Waals surface area contributed by atoms with Crippen LogP contribution in [-0.2, 0) is 19.5 Å². The zero-order valence-electron chi connectivity index (χ0n) is 13.2. The van der Waals surface area contributed by atoms with E-state index in [1.807, 2.05) is 0 Å². The Balaban J connectivity index is -0.0000000229. The van der Waals surface area contributed by atoms with E-state index in [4.69, 9.17) is 31.5 Å². The number of hydrogen-bond donors (Lipinski definition) is 0. The van der Waals surface area contributed by atoms with Crippen LogP contribution in [0.15, 0.2) is 0 Å². The third kappa shape index (κ3) is 1680. The molecule has 0 heterocycles. The third-order valence-corrected chi connectivity index (χ3v) is 0. The summed E-state index contributed by atoms with van der Waals surface area (Å²) in [5.41, 5.74) is 5.75. The average molecular weight is 471 g/mol. The largest absolute Gasteiger partial charge is 0.673 e. The van der Waals surface area contributed by atoms with Gasteiger partial charge in [-0.2, -0.15) is 21.0 Å². The molecule has 0 aromatic heterocycles. The number of nitroso groups, excluding NO2 is 1. The average Bonchev–Trinajstić information content (AvgIpc) is 2.30. The van der Waals surface area contributed by atoms with Gasteiger partial charge in [0.2, 0.25) is 0 Å². The molecule has 0 saturated heterocycles. The fourth-order valence-electron chi connectivity index (χ4n) is 0. The second-order valence-electron chi connectivity index (χ2n) is 1.88. The van der Waals surface area contributed by atoms with Gasteiger partial charge >= 0.3 is 14.5 Å². The van der Waals surface area contributed by atoms with Gasteiger partial charge in [0.25, 0.3) is 0 Å². The quantitative estimate of drug-likeness (QED) is 0.361. The molecule has 25 heavy (non-hydrogen) atoms. The van der Waals surface area contributed by atoms with E-state index in [9.17, 15) is 34.5 Å². The summed E-state index contributed by atoms with van der Waals surface area (Å²) < 4.78 is 78.0. The van der Waals surface area contributed by atoms with Crippen molar-refractivity contribution in [3.8, 4) is 24.3 Å². The van der Waals surface area contributed by atoms with Crippen LogP contribution in [-0.4, -0.2) is 14.5 Å². The molecule has 0 saturated carbocycles. The predicted molar refractivity (Wildman–Crippen MR) is 72.2 cm³/mol. The van der Waals surface area contributed by atoms with E-state index in [2.05, 4.69) is 0 Å². The number of rotatable bonds is 0. The molecule has 149 valence electrons. The van der Waals surface area contributed by atoms with Crippen LogP contribution in [0, 0.1) is 50.2 Å². The Morgan fingerprint density at radius 1 is 0.560 bits per heavy atom. The van der Waals surface area contributed by atoms with Crippen molar-refractivity contribution in [2.24, 2.45) is 0 Å². The van der Waals surface area contributed by atoms with Crippen LogP contribution in [0.4, 0.5) is 34.5 Å².